The zero-order chi connectivity index (χ0) is 13.8. The summed E-state index contributed by atoms with van der Waals surface area (Å²) in [5.74, 6) is 1.26. The van der Waals surface area contributed by atoms with Crippen LogP contribution in [0.3, 0.4) is 0 Å². The van der Waals surface area contributed by atoms with Gasteiger partial charge in [-0.05, 0) is 31.2 Å². The van der Waals surface area contributed by atoms with E-state index in [0.29, 0.717) is 0 Å². The van der Waals surface area contributed by atoms with Crippen LogP contribution in [0.1, 0.15) is 23.7 Å². The molecule has 96 valence electrons. The van der Waals surface area contributed by atoms with Crippen LogP contribution in [0.4, 0.5) is 0 Å². The fourth-order valence-corrected chi connectivity index (χ4v) is 2.57. The lowest BCUT2D eigenvalue weighted by molar-refractivity contribution is 0.0696. The standard InChI is InChI=1S/C12H13NO4S/c1-3-4-9(2)13-18(16,17)11-7-5-10(6-8-11)12(14)15/h1,5-9,13H,4H2,2H3,(H,14,15). The van der Waals surface area contributed by atoms with Gasteiger partial charge in [-0.1, -0.05) is 0 Å². The molecule has 6 heteroatoms. The van der Waals surface area contributed by atoms with E-state index in [1.807, 2.05) is 0 Å². The van der Waals surface area contributed by atoms with Crippen molar-refractivity contribution in [3.63, 3.8) is 0 Å². The van der Waals surface area contributed by atoms with Crippen molar-refractivity contribution in [2.45, 2.75) is 24.3 Å². The van der Waals surface area contributed by atoms with Crippen molar-refractivity contribution in [3.05, 3.63) is 29.8 Å². The molecule has 1 atom stereocenters. The average molecular weight is 267 g/mol. The Bertz CT molecular complexity index is 569. The molecule has 0 aliphatic carbocycles. The SMILES string of the molecule is C#CCC(C)NS(=O)(=O)c1ccc(C(=O)O)cc1. The summed E-state index contributed by atoms with van der Waals surface area (Å²) < 4.78 is 26.1. The number of benzene rings is 1. The first-order valence-electron chi connectivity index (χ1n) is 5.16. The number of terminal acetylenes is 1. The van der Waals surface area contributed by atoms with Crippen LogP contribution < -0.4 is 4.72 Å². The highest BCUT2D eigenvalue weighted by Gasteiger charge is 2.17. The maximum atomic E-state index is 11.9. The van der Waals surface area contributed by atoms with Crippen molar-refractivity contribution in [1.82, 2.24) is 4.72 Å². The molecule has 0 aliphatic heterocycles. The number of carboxylic acid groups (broad SMARTS) is 1. The molecule has 0 aliphatic rings. The maximum absolute atomic E-state index is 11.9. The second kappa shape index (κ2) is 5.67. The lowest BCUT2D eigenvalue weighted by atomic mass is 10.2. The molecule has 0 radical (unpaired) electrons. The van der Waals surface area contributed by atoms with Crippen LogP contribution in [0.25, 0.3) is 0 Å². The maximum Gasteiger partial charge on any atom is 0.335 e. The van der Waals surface area contributed by atoms with Gasteiger partial charge in [-0.3, -0.25) is 0 Å². The summed E-state index contributed by atoms with van der Waals surface area (Å²) in [7, 11) is -3.66. The number of sulfonamides is 1. The van der Waals surface area contributed by atoms with Crippen molar-refractivity contribution in [1.29, 1.82) is 0 Å². The lowest BCUT2D eigenvalue weighted by Crippen LogP contribution is -2.32. The molecule has 18 heavy (non-hydrogen) atoms. The molecule has 0 saturated heterocycles. The van der Waals surface area contributed by atoms with Gasteiger partial charge in [0.1, 0.15) is 0 Å². The Morgan fingerprint density at radius 3 is 2.44 bits per heavy atom. The number of aromatic carboxylic acids is 1. The van der Waals surface area contributed by atoms with Gasteiger partial charge in [0.15, 0.2) is 0 Å². The first-order chi connectivity index (χ1) is 8.36. The van der Waals surface area contributed by atoms with Crippen LogP contribution in [-0.4, -0.2) is 25.5 Å². The van der Waals surface area contributed by atoms with Gasteiger partial charge >= 0.3 is 5.97 Å². The number of hydrogen-bond donors (Lipinski definition) is 2. The van der Waals surface area contributed by atoms with Crippen molar-refractivity contribution in [2.24, 2.45) is 0 Å². The van der Waals surface area contributed by atoms with Crippen LogP contribution in [0.15, 0.2) is 29.2 Å². The van der Waals surface area contributed by atoms with Crippen molar-refractivity contribution in [3.8, 4) is 12.3 Å². The molecule has 1 aromatic rings. The Hall–Kier alpha value is -1.84. The Morgan fingerprint density at radius 2 is 2.00 bits per heavy atom. The minimum absolute atomic E-state index is 0.0105. The second-order valence-corrected chi connectivity index (χ2v) is 5.47. The van der Waals surface area contributed by atoms with E-state index in [0.717, 1.165) is 0 Å². The molecule has 5 nitrogen and oxygen atoms in total. The van der Waals surface area contributed by atoms with Gasteiger partial charge in [0.05, 0.1) is 10.5 Å². The van der Waals surface area contributed by atoms with Gasteiger partial charge in [0, 0.05) is 12.5 Å². The number of carbonyl (C=O) groups is 1. The van der Waals surface area contributed by atoms with E-state index in [1.165, 1.54) is 24.3 Å². The molecular formula is C12H13NO4S. The van der Waals surface area contributed by atoms with E-state index in [2.05, 4.69) is 10.6 Å². The predicted molar refractivity (Wildman–Crippen MR) is 66.6 cm³/mol. The lowest BCUT2D eigenvalue weighted by Gasteiger charge is -2.11. The Morgan fingerprint density at radius 1 is 1.44 bits per heavy atom. The minimum atomic E-state index is -3.66. The third-order valence-electron chi connectivity index (χ3n) is 2.19. The highest BCUT2D eigenvalue weighted by molar-refractivity contribution is 7.89. The van der Waals surface area contributed by atoms with E-state index in [-0.39, 0.29) is 22.9 Å². The van der Waals surface area contributed by atoms with Crippen molar-refractivity contribution < 1.29 is 18.3 Å². The highest BCUT2D eigenvalue weighted by Crippen LogP contribution is 2.11. The molecule has 0 saturated carbocycles. The molecule has 0 spiro atoms. The number of rotatable bonds is 5. The third kappa shape index (κ3) is 3.58. The normalized spacial score (nSPS) is 12.7. The summed E-state index contributed by atoms with van der Waals surface area (Å²) in [6.45, 7) is 1.66. The molecule has 1 rings (SSSR count). The average Bonchev–Trinajstić information content (AvgIpc) is 2.28. The number of hydrogen-bond acceptors (Lipinski definition) is 3. The topological polar surface area (TPSA) is 83.5 Å². The Labute approximate surface area is 106 Å². The largest absolute Gasteiger partial charge is 0.478 e. The van der Waals surface area contributed by atoms with E-state index >= 15 is 0 Å². The Kier molecular flexibility index (Phi) is 4.48. The van der Waals surface area contributed by atoms with Gasteiger partial charge in [0.2, 0.25) is 10.0 Å². The van der Waals surface area contributed by atoms with Crippen LogP contribution in [-0.2, 0) is 10.0 Å². The third-order valence-corrected chi connectivity index (χ3v) is 3.80. The van der Waals surface area contributed by atoms with Crippen molar-refractivity contribution in [2.75, 3.05) is 0 Å². The zero-order valence-corrected chi connectivity index (χ0v) is 10.6. The van der Waals surface area contributed by atoms with Crippen LogP contribution >= 0.6 is 0 Å². The van der Waals surface area contributed by atoms with E-state index in [4.69, 9.17) is 11.5 Å². The Balaban J connectivity index is 2.92. The number of carboxylic acids is 1. The van der Waals surface area contributed by atoms with Gasteiger partial charge < -0.3 is 5.11 Å². The predicted octanol–water partition coefficient (Wildman–Crippen LogP) is 1.07. The highest BCUT2D eigenvalue weighted by atomic mass is 32.2. The minimum Gasteiger partial charge on any atom is -0.478 e. The second-order valence-electron chi connectivity index (χ2n) is 3.76. The van der Waals surface area contributed by atoms with E-state index in [9.17, 15) is 13.2 Å². The molecular weight excluding hydrogens is 254 g/mol. The molecule has 0 heterocycles. The monoisotopic (exact) mass is 267 g/mol. The van der Waals surface area contributed by atoms with E-state index in [1.54, 1.807) is 6.92 Å². The molecule has 0 fully saturated rings. The molecule has 2 N–H and O–H groups in total. The van der Waals surface area contributed by atoms with Crippen LogP contribution in [0.2, 0.25) is 0 Å². The summed E-state index contributed by atoms with van der Waals surface area (Å²) in [5.41, 5.74) is 0.0330. The fraction of sp³-hybridized carbons (Fsp3) is 0.250. The van der Waals surface area contributed by atoms with E-state index < -0.39 is 16.0 Å². The summed E-state index contributed by atoms with van der Waals surface area (Å²) in [6.07, 6.45) is 5.37. The summed E-state index contributed by atoms with van der Waals surface area (Å²) in [4.78, 5) is 10.6. The van der Waals surface area contributed by atoms with Crippen LogP contribution in [0, 0.1) is 12.3 Å². The van der Waals surface area contributed by atoms with Gasteiger partial charge in [0.25, 0.3) is 0 Å². The quantitative estimate of drug-likeness (QED) is 0.782. The van der Waals surface area contributed by atoms with Crippen molar-refractivity contribution >= 4 is 16.0 Å². The molecule has 0 bridgehead atoms. The molecule has 1 unspecified atom stereocenters. The molecule has 1 aromatic carbocycles. The van der Waals surface area contributed by atoms with Gasteiger partial charge in [-0.2, -0.15) is 0 Å². The molecule has 0 aromatic heterocycles. The summed E-state index contributed by atoms with van der Waals surface area (Å²) in [5, 5.41) is 8.71. The van der Waals surface area contributed by atoms with Gasteiger partial charge in [-0.25, -0.2) is 17.9 Å². The van der Waals surface area contributed by atoms with Gasteiger partial charge in [-0.15, -0.1) is 12.3 Å². The summed E-state index contributed by atoms with van der Waals surface area (Å²) in [6, 6.07) is 4.59. The summed E-state index contributed by atoms with van der Waals surface area (Å²) >= 11 is 0. The zero-order valence-electron chi connectivity index (χ0n) is 9.75. The fourth-order valence-electron chi connectivity index (χ4n) is 1.33. The molecule has 0 amide bonds. The van der Waals surface area contributed by atoms with Crippen LogP contribution in [0.5, 0.6) is 0 Å². The smallest absolute Gasteiger partial charge is 0.335 e. The first kappa shape index (κ1) is 14.2. The number of nitrogens with one attached hydrogen (secondary N) is 1. The first-order valence-corrected chi connectivity index (χ1v) is 6.64.